The van der Waals surface area contributed by atoms with E-state index in [-0.39, 0.29) is 5.91 Å². The van der Waals surface area contributed by atoms with E-state index in [1.165, 1.54) is 47.9 Å². The quantitative estimate of drug-likeness (QED) is 0.824. The van der Waals surface area contributed by atoms with Crippen LogP contribution < -0.4 is 0 Å². The van der Waals surface area contributed by atoms with Crippen molar-refractivity contribution in [3.8, 4) is 0 Å². The van der Waals surface area contributed by atoms with Crippen LogP contribution in [-0.4, -0.2) is 48.4 Å². The highest BCUT2D eigenvalue weighted by molar-refractivity contribution is 7.17. The molecule has 1 aromatic heterocycles. The summed E-state index contributed by atoms with van der Waals surface area (Å²) < 4.78 is 1.28. The van der Waals surface area contributed by atoms with Gasteiger partial charge in [-0.3, -0.25) is 4.79 Å². The van der Waals surface area contributed by atoms with Gasteiger partial charge in [-0.2, -0.15) is 0 Å². The van der Waals surface area contributed by atoms with Gasteiger partial charge in [0.15, 0.2) is 0 Å². The number of amides is 1. The number of thiophene rings is 1. The van der Waals surface area contributed by atoms with E-state index < -0.39 is 0 Å². The third-order valence-corrected chi connectivity index (χ3v) is 7.35. The van der Waals surface area contributed by atoms with Crippen molar-refractivity contribution in [3.05, 3.63) is 35.2 Å². The number of nitrogens with zero attached hydrogens (tertiary/aromatic N) is 2. The molecule has 3 unspecified atom stereocenters. The molecular formula is C21H28N2OS. The number of piperidine rings is 1. The number of likely N-dealkylation sites (tertiary alicyclic amines) is 1. The number of carbonyl (C=O) groups is 1. The molecule has 3 nitrogen and oxygen atoms in total. The Balaban J connectivity index is 1.51. The minimum Gasteiger partial charge on any atom is -0.341 e. The van der Waals surface area contributed by atoms with E-state index in [0.29, 0.717) is 18.5 Å². The lowest BCUT2D eigenvalue weighted by atomic mass is 9.75. The molecule has 3 atom stereocenters. The first-order chi connectivity index (χ1) is 12.1. The number of hydrogen-bond donors (Lipinski definition) is 0. The van der Waals surface area contributed by atoms with Crippen LogP contribution in [0.3, 0.4) is 0 Å². The zero-order valence-corrected chi connectivity index (χ0v) is 16.1. The fourth-order valence-electron chi connectivity index (χ4n) is 5.03. The molecule has 1 amide bonds. The van der Waals surface area contributed by atoms with Crippen molar-refractivity contribution in [3.63, 3.8) is 0 Å². The first-order valence-corrected chi connectivity index (χ1v) is 10.4. The zero-order valence-electron chi connectivity index (χ0n) is 15.3. The van der Waals surface area contributed by atoms with E-state index >= 15 is 0 Å². The molecule has 2 aliphatic rings. The van der Waals surface area contributed by atoms with Gasteiger partial charge in [0, 0.05) is 23.8 Å². The predicted octanol–water partition coefficient (Wildman–Crippen LogP) is 4.17. The van der Waals surface area contributed by atoms with Crippen LogP contribution in [0.25, 0.3) is 10.1 Å². The lowest BCUT2D eigenvalue weighted by molar-refractivity contribution is -0.134. The van der Waals surface area contributed by atoms with Crippen molar-refractivity contribution in [2.24, 2.45) is 5.92 Å². The summed E-state index contributed by atoms with van der Waals surface area (Å²) in [7, 11) is 4.28. The summed E-state index contributed by atoms with van der Waals surface area (Å²) in [6, 6.07) is 9.34. The van der Waals surface area contributed by atoms with E-state index in [2.05, 4.69) is 46.5 Å². The monoisotopic (exact) mass is 356 g/mol. The first-order valence-electron chi connectivity index (χ1n) is 9.56. The molecule has 4 heteroatoms. The van der Waals surface area contributed by atoms with Gasteiger partial charge in [0.1, 0.15) is 0 Å². The number of fused-ring (bicyclic) bond motifs is 2. The maximum absolute atomic E-state index is 13.0. The van der Waals surface area contributed by atoms with E-state index in [9.17, 15) is 4.79 Å². The molecular weight excluding hydrogens is 328 g/mol. The largest absolute Gasteiger partial charge is 0.341 e. The fraction of sp³-hybridized carbons (Fsp3) is 0.571. The van der Waals surface area contributed by atoms with Crippen LogP contribution in [-0.2, 0) is 11.2 Å². The van der Waals surface area contributed by atoms with Crippen LogP contribution in [0, 0.1) is 5.92 Å². The number of rotatable bonds is 3. The van der Waals surface area contributed by atoms with Crippen LogP contribution in [0.4, 0.5) is 0 Å². The second-order valence-electron chi connectivity index (χ2n) is 7.81. The Morgan fingerprint density at radius 1 is 1.24 bits per heavy atom. The summed E-state index contributed by atoms with van der Waals surface area (Å²) in [5.74, 6) is 1.04. The summed E-state index contributed by atoms with van der Waals surface area (Å²) in [6.45, 7) is 1.18. The molecule has 1 saturated carbocycles. The zero-order chi connectivity index (χ0) is 17.4. The highest BCUT2D eigenvalue weighted by Gasteiger charge is 2.40. The smallest absolute Gasteiger partial charge is 0.227 e. The van der Waals surface area contributed by atoms with E-state index in [4.69, 9.17) is 0 Å². The molecule has 2 heterocycles. The van der Waals surface area contributed by atoms with Gasteiger partial charge in [0.25, 0.3) is 0 Å². The number of benzene rings is 1. The minimum atomic E-state index is 0.271. The van der Waals surface area contributed by atoms with Crippen molar-refractivity contribution >= 4 is 27.3 Å². The average Bonchev–Trinajstić information content (AvgIpc) is 3.04. The standard InChI is InChI=1S/C21H28N2OS/c1-22-12-6-8-15-7-5-10-18(21(15)22)23(2)20(24)13-16-14-25-19-11-4-3-9-17(16)19/h3-4,9,11,14-15,18,21H,5-8,10,12-13H2,1-2H3. The molecule has 25 heavy (non-hydrogen) atoms. The molecule has 134 valence electrons. The molecule has 1 saturated heterocycles. The highest BCUT2D eigenvalue weighted by Crippen LogP contribution is 2.37. The van der Waals surface area contributed by atoms with Crippen LogP contribution in [0.15, 0.2) is 29.6 Å². The molecule has 1 aliphatic carbocycles. The van der Waals surface area contributed by atoms with Gasteiger partial charge in [-0.1, -0.05) is 24.6 Å². The topological polar surface area (TPSA) is 23.6 Å². The van der Waals surface area contributed by atoms with Gasteiger partial charge in [-0.25, -0.2) is 0 Å². The summed E-state index contributed by atoms with van der Waals surface area (Å²) in [4.78, 5) is 17.6. The molecule has 2 aromatic rings. The van der Waals surface area contributed by atoms with Gasteiger partial charge >= 0.3 is 0 Å². The van der Waals surface area contributed by atoms with Gasteiger partial charge in [0.2, 0.25) is 5.91 Å². The first kappa shape index (κ1) is 17.0. The van der Waals surface area contributed by atoms with Crippen LogP contribution in [0.5, 0.6) is 0 Å². The number of hydrogen-bond acceptors (Lipinski definition) is 3. The van der Waals surface area contributed by atoms with E-state index in [1.54, 1.807) is 11.3 Å². The fourth-order valence-corrected chi connectivity index (χ4v) is 5.99. The van der Waals surface area contributed by atoms with Gasteiger partial charge in [-0.05, 0) is 67.6 Å². The average molecular weight is 357 g/mol. The summed E-state index contributed by atoms with van der Waals surface area (Å²) in [6.07, 6.45) is 6.92. The Hall–Kier alpha value is -1.39. The van der Waals surface area contributed by atoms with Crippen LogP contribution >= 0.6 is 11.3 Å². The second kappa shape index (κ2) is 7.08. The third-order valence-electron chi connectivity index (χ3n) is 6.34. The number of likely N-dealkylation sites (N-methyl/N-ethyl adjacent to an activating group) is 2. The summed E-state index contributed by atoms with van der Waals surface area (Å²) in [5, 5.41) is 3.40. The normalized spacial score (nSPS) is 27.2. The molecule has 0 spiro atoms. The van der Waals surface area contributed by atoms with Crippen molar-refractivity contribution < 1.29 is 4.79 Å². The highest BCUT2D eigenvalue weighted by atomic mass is 32.1. The minimum absolute atomic E-state index is 0.271. The molecule has 1 aliphatic heterocycles. The van der Waals surface area contributed by atoms with E-state index in [1.807, 2.05) is 7.05 Å². The van der Waals surface area contributed by atoms with Gasteiger partial charge in [-0.15, -0.1) is 11.3 Å². The lowest BCUT2D eigenvalue weighted by Gasteiger charge is -2.49. The van der Waals surface area contributed by atoms with Crippen molar-refractivity contribution in [1.82, 2.24) is 9.80 Å². The van der Waals surface area contributed by atoms with E-state index in [0.717, 1.165) is 12.3 Å². The second-order valence-corrected chi connectivity index (χ2v) is 8.72. The van der Waals surface area contributed by atoms with Gasteiger partial charge < -0.3 is 9.80 Å². The molecule has 0 radical (unpaired) electrons. The predicted molar refractivity (Wildman–Crippen MR) is 105 cm³/mol. The number of carbonyl (C=O) groups excluding carboxylic acids is 1. The Kier molecular flexibility index (Phi) is 4.83. The molecule has 0 bridgehead atoms. The summed E-state index contributed by atoms with van der Waals surface area (Å²) >= 11 is 1.74. The molecule has 4 rings (SSSR count). The van der Waals surface area contributed by atoms with Crippen LogP contribution in [0.2, 0.25) is 0 Å². The van der Waals surface area contributed by atoms with Crippen LogP contribution in [0.1, 0.15) is 37.7 Å². The maximum atomic E-state index is 13.0. The maximum Gasteiger partial charge on any atom is 0.227 e. The summed E-state index contributed by atoms with van der Waals surface area (Å²) in [5.41, 5.74) is 1.18. The Morgan fingerprint density at radius 3 is 2.92 bits per heavy atom. The third kappa shape index (κ3) is 3.22. The van der Waals surface area contributed by atoms with Crippen molar-refractivity contribution in [2.75, 3.05) is 20.6 Å². The molecule has 1 aromatic carbocycles. The lowest BCUT2D eigenvalue weighted by Crippen LogP contribution is -2.58. The Labute approximate surface area is 154 Å². The SMILES string of the molecule is CN1CCCC2CCCC(N(C)C(=O)Cc3csc4ccccc34)C21. The van der Waals surface area contributed by atoms with Crippen molar-refractivity contribution in [2.45, 2.75) is 50.6 Å². The molecule has 2 fully saturated rings. The van der Waals surface area contributed by atoms with Gasteiger partial charge in [0.05, 0.1) is 6.42 Å². The Morgan fingerprint density at radius 2 is 2.04 bits per heavy atom. The molecule has 0 N–H and O–H groups in total. The Bertz CT molecular complexity index is 753. The van der Waals surface area contributed by atoms with Crippen molar-refractivity contribution in [1.29, 1.82) is 0 Å².